The molecule has 1 aromatic rings. The van der Waals surface area contributed by atoms with Crippen LogP contribution in [0.3, 0.4) is 0 Å². The molecule has 1 unspecified atom stereocenters. The maximum atomic E-state index is 10.9. The van der Waals surface area contributed by atoms with Crippen LogP contribution in [0.5, 0.6) is 5.75 Å². The summed E-state index contributed by atoms with van der Waals surface area (Å²) < 4.78 is 15.9. The highest BCUT2D eigenvalue weighted by atomic mass is 31.1. The van der Waals surface area contributed by atoms with Crippen LogP contribution in [0, 0.1) is 12.3 Å². The van der Waals surface area contributed by atoms with E-state index in [0.29, 0.717) is 5.75 Å². The van der Waals surface area contributed by atoms with Crippen LogP contribution in [-0.4, -0.2) is 4.89 Å². The molecule has 0 saturated heterocycles. The zero-order chi connectivity index (χ0) is 13.9. The van der Waals surface area contributed by atoms with E-state index in [2.05, 4.69) is 27.4 Å². The first-order valence-corrected chi connectivity index (χ1v) is 7.16. The summed E-state index contributed by atoms with van der Waals surface area (Å²) >= 11 is 0. The van der Waals surface area contributed by atoms with Crippen molar-refractivity contribution in [3.05, 3.63) is 35.4 Å². The van der Waals surface area contributed by atoms with Crippen LogP contribution in [-0.2, 0) is 11.0 Å². The van der Waals surface area contributed by atoms with E-state index in [1.165, 1.54) is 0 Å². The molecule has 0 aliphatic carbocycles. The van der Waals surface area contributed by atoms with Gasteiger partial charge in [-0.1, -0.05) is 39.5 Å². The third-order valence-electron chi connectivity index (χ3n) is 2.72. The maximum absolute atomic E-state index is 10.9. The molecule has 0 radical (unpaired) electrons. The summed E-state index contributed by atoms with van der Waals surface area (Å²) in [6.07, 6.45) is 2.57. The molecule has 0 aliphatic rings. The van der Waals surface area contributed by atoms with Gasteiger partial charge in [0.25, 0.3) is 0 Å². The SMILES string of the molecule is C=Cc1ccc(O[PH](=O)O)c(CC(C)(C)C)c1C. The topological polar surface area (TPSA) is 46.5 Å². The average Bonchev–Trinajstić information content (AvgIpc) is 2.21. The van der Waals surface area contributed by atoms with E-state index in [1.54, 1.807) is 12.1 Å². The number of benzene rings is 1. The molecule has 0 amide bonds. The smallest absolute Gasteiger partial charge is 0.365 e. The maximum Gasteiger partial charge on any atom is 0.365 e. The Hall–Kier alpha value is -1.05. The van der Waals surface area contributed by atoms with Crippen molar-refractivity contribution in [2.45, 2.75) is 34.1 Å². The summed E-state index contributed by atoms with van der Waals surface area (Å²) in [6, 6.07) is 3.60. The molecule has 0 heterocycles. The van der Waals surface area contributed by atoms with E-state index in [-0.39, 0.29) is 5.41 Å². The first-order chi connectivity index (χ1) is 8.24. The predicted molar refractivity (Wildman–Crippen MR) is 76.3 cm³/mol. The van der Waals surface area contributed by atoms with Gasteiger partial charge in [0.05, 0.1) is 0 Å². The highest BCUT2D eigenvalue weighted by Crippen LogP contribution is 2.35. The van der Waals surface area contributed by atoms with Gasteiger partial charge in [-0.05, 0) is 41.5 Å². The summed E-state index contributed by atoms with van der Waals surface area (Å²) in [5.74, 6) is 0.499. The highest BCUT2D eigenvalue weighted by Gasteiger charge is 2.18. The number of hydrogen-bond donors (Lipinski definition) is 1. The second kappa shape index (κ2) is 5.73. The monoisotopic (exact) mass is 268 g/mol. The molecule has 0 bridgehead atoms. The van der Waals surface area contributed by atoms with Crippen molar-refractivity contribution >= 4 is 14.3 Å². The van der Waals surface area contributed by atoms with Crippen molar-refractivity contribution < 1.29 is 14.0 Å². The van der Waals surface area contributed by atoms with Gasteiger partial charge >= 0.3 is 8.25 Å². The van der Waals surface area contributed by atoms with Gasteiger partial charge in [0.1, 0.15) is 5.75 Å². The fourth-order valence-corrected chi connectivity index (χ4v) is 2.29. The predicted octanol–water partition coefficient (Wildman–Crippen LogP) is 3.99. The highest BCUT2D eigenvalue weighted by molar-refractivity contribution is 7.32. The molecule has 1 rings (SSSR count). The largest absolute Gasteiger partial charge is 0.426 e. The van der Waals surface area contributed by atoms with Gasteiger partial charge in [-0.25, -0.2) is 4.57 Å². The lowest BCUT2D eigenvalue weighted by atomic mass is 9.85. The molecule has 18 heavy (non-hydrogen) atoms. The second-order valence-corrected chi connectivity index (χ2v) is 6.30. The van der Waals surface area contributed by atoms with Crippen molar-refractivity contribution in [3.63, 3.8) is 0 Å². The van der Waals surface area contributed by atoms with Crippen molar-refractivity contribution in [3.8, 4) is 5.75 Å². The van der Waals surface area contributed by atoms with E-state index in [1.807, 2.05) is 13.0 Å². The lowest BCUT2D eigenvalue weighted by molar-refractivity contribution is 0.388. The standard InChI is InChI=1S/C14H21O3P/c1-6-11-7-8-13(17-18(15)16)12(10(11)2)9-14(3,4)5/h6-8,18H,1,9H2,2-5H3,(H,15,16). The first kappa shape index (κ1) is 15.0. The molecule has 0 fully saturated rings. The Morgan fingerprint density at radius 1 is 1.44 bits per heavy atom. The molecule has 3 nitrogen and oxygen atoms in total. The molecule has 1 aromatic carbocycles. The minimum absolute atomic E-state index is 0.0773. The Morgan fingerprint density at radius 2 is 2.06 bits per heavy atom. The Kier molecular flexibility index (Phi) is 4.78. The van der Waals surface area contributed by atoms with Crippen LogP contribution in [0.1, 0.15) is 37.5 Å². The fourth-order valence-electron chi connectivity index (χ4n) is 1.91. The first-order valence-electron chi connectivity index (χ1n) is 5.90. The van der Waals surface area contributed by atoms with Crippen LogP contribution >= 0.6 is 8.25 Å². The van der Waals surface area contributed by atoms with Crippen LogP contribution in [0.4, 0.5) is 0 Å². The Labute approximate surface area is 109 Å². The second-order valence-electron chi connectivity index (χ2n) is 5.57. The third kappa shape index (κ3) is 4.01. The van der Waals surface area contributed by atoms with E-state index in [9.17, 15) is 4.57 Å². The molecule has 0 aromatic heterocycles. The zero-order valence-electron chi connectivity index (χ0n) is 11.4. The number of rotatable bonds is 4. The van der Waals surface area contributed by atoms with Gasteiger partial charge < -0.3 is 9.42 Å². The molecule has 0 saturated carbocycles. The normalized spacial score (nSPS) is 13.2. The lowest BCUT2D eigenvalue weighted by Crippen LogP contribution is -2.11. The van der Waals surface area contributed by atoms with E-state index >= 15 is 0 Å². The molecule has 100 valence electrons. The van der Waals surface area contributed by atoms with Crippen LogP contribution in [0.15, 0.2) is 18.7 Å². The van der Waals surface area contributed by atoms with Crippen molar-refractivity contribution in [1.82, 2.24) is 0 Å². The summed E-state index contributed by atoms with van der Waals surface area (Å²) in [7, 11) is -2.98. The third-order valence-corrected chi connectivity index (χ3v) is 3.12. The molecule has 1 N–H and O–H groups in total. The average molecular weight is 268 g/mol. The Bertz CT molecular complexity index is 473. The van der Waals surface area contributed by atoms with Gasteiger partial charge in [-0.2, -0.15) is 0 Å². The Morgan fingerprint density at radius 3 is 2.50 bits per heavy atom. The Balaban J connectivity index is 3.30. The zero-order valence-corrected chi connectivity index (χ0v) is 12.4. The summed E-state index contributed by atoms with van der Waals surface area (Å²) in [6.45, 7) is 12.1. The minimum atomic E-state index is -2.98. The van der Waals surface area contributed by atoms with Gasteiger partial charge in [0.15, 0.2) is 0 Å². The van der Waals surface area contributed by atoms with Crippen molar-refractivity contribution in [2.24, 2.45) is 5.41 Å². The van der Waals surface area contributed by atoms with Gasteiger partial charge in [0, 0.05) is 0 Å². The van der Waals surface area contributed by atoms with Crippen molar-refractivity contribution in [2.75, 3.05) is 0 Å². The number of hydrogen-bond acceptors (Lipinski definition) is 2. The quantitative estimate of drug-likeness (QED) is 0.840. The van der Waals surface area contributed by atoms with Gasteiger partial charge in [-0.3, -0.25) is 0 Å². The molecule has 1 atom stereocenters. The molecule has 0 aliphatic heterocycles. The van der Waals surface area contributed by atoms with Crippen LogP contribution < -0.4 is 4.52 Å². The van der Waals surface area contributed by atoms with E-state index in [4.69, 9.17) is 9.42 Å². The molecular formula is C14H21O3P. The molecule has 4 heteroatoms. The summed E-state index contributed by atoms with van der Waals surface area (Å²) in [4.78, 5) is 8.95. The van der Waals surface area contributed by atoms with Gasteiger partial charge in [0.2, 0.25) is 0 Å². The van der Waals surface area contributed by atoms with Crippen LogP contribution in [0.2, 0.25) is 0 Å². The minimum Gasteiger partial charge on any atom is -0.426 e. The summed E-state index contributed by atoms with van der Waals surface area (Å²) in [5, 5.41) is 0. The molecule has 0 spiro atoms. The van der Waals surface area contributed by atoms with E-state index < -0.39 is 8.25 Å². The van der Waals surface area contributed by atoms with E-state index in [0.717, 1.165) is 23.1 Å². The summed E-state index contributed by atoms with van der Waals surface area (Å²) in [5.41, 5.74) is 3.14. The van der Waals surface area contributed by atoms with Crippen LogP contribution in [0.25, 0.3) is 6.08 Å². The van der Waals surface area contributed by atoms with Gasteiger partial charge in [-0.15, -0.1) is 0 Å². The molecular weight excluding hydrogens is 247 g/mol. The van der Waals surface area contributed by atoms with Crippen molar-refractivity contribution in [1.29, 1.82) is 0 Å². The fraction of sp³-hybridized carbons (Fsp3) is 0.429. The lowest BCUT2D eigenvalue weighted by Gasteiger charge is -2.22.